The average Bonchev–Trinajstić information content (AvgIpc) is 2.97. The van der Waals surface area contributed by atoms with Gasteiger partial charge in [0.25, 0.3) is 0 Å². The van der Waals surface area contributed by atoms with Crippen LogP contribution >= 0.6 is 0 Å². The minimum Gasteiger partial charge on any atom is -0.495 e. The van der Waals surface area contributed by atoms with Crippen molar-refractivity contribution in [3.63, 3.8) is 0 Å². The van der Waals surface area contributed by atoms with E-state index in [2.05, 4.69) is 10.4 Å². The van der Waals surface area contributed by atoms with Gasteiger partial charge >= 0.3 is 0 Å². The number of hydrogen-bond acceptors (Lipinski definition) is 5. The molecule has 0 saturated heterocycles. The van der Waals surface area contributed by atoms with Gasteiger partial charge in [-0.3, -0.25) is 9.48 Å². The number of rotatable bonds is 7. The summed E-state index contributed by atoms with van der Waals surface area (Å²) in [7, 11) is -0.643. The number of nitrogens with zero attached hydrogens (tertiary/aromatic N) is 3. The van der Waals surface area contributed by atoms with Gasteiger partial charge in [0.15, 0.2) is 0 Å². The van der Waals surface area contributed by atoms with Gasteiger partial charge in [0.2, 0.25) is 15.9 Å². The van der Waals surface area contributed by atoms with Crippen LogP contribution in [-0.2, 0) is 28.4 Å². The third-order valence-electron chi connectivity index (χ3n) is 3.57. The lowest BCUT2D eigenvalue weighted by molar-refractivity contribution is -0.114. The van der Waals surface area contributed by atoms with E-state index in [1.165, 1.54) is 30.5 Å². The SMILES string of the molecule is CCN(Cc1cnn(C)c1)S(=O)(=O)c1cc(NC(C)=O)ccc1OC. The minimum absolute atomic E-state index is 0.00647. The van der Waals surface area contributed by atoms with Crippen LogP contribution in [0.2, 0.25) is 0 Å². The molecule has 1 aromatic carbocycles. The highest BCUT2D eigenvalue weighted by atomic mass is 32.2. The first-order valence-electron chi connectivity index (χ1n) is 7.71. The van der Waals surface area contributed by atoms with E-state index >= 15 is 0 Å². The second kappa shape index (κ2) is 7.66. The lowest BCUT2D eigenvalue weighted by Crippen LogP contribution is -2.30. The van der Waals surface area contributed by atoms with E-state index in [9.17, 15) is 13.2 Å². The van der Waals surface area contributed by atoms with Crippen molar-refractivity contribution < 1.29 is 17.9 Å². The normalized spacial score (nSPS) is 11.6. The first-order chi connectivity index (χ1) is 11.8. The zero-order valence-electron chi connectivity index (χ0n) is 14.7. The zero-order valence-corrected chi connectivity index (χ0v) is 15.5. The number of aromatic nitrogens is 2. The molecular formula is C16H22N4O4S. The Morgan fingerprint density at radius 1 is 1.40 bits per heavy atom. The van der Waals surface area contributed by atoms with Crippen molar-refractivity contribution in [2.24, 2.45) is 7.05 Å². The molecule has 1 heterocycles. The predicted octanol–water partition coefficient (Wildman–Crippen LogP) is 1.60. The third kappa shape index (κ3) is 4.37. The molecule has 0 aliphatic rings. The molecule has 1 aromatic heterocycles. The van der Waals surface area contributed by atoms with E-state index in [4.69, 9.17) is 4.74 Å². The zero-order chi connectivity index (χ0) is 18.6. The first kappa shape index (κ1) is 18.9. The Morgan fingerprint density at radius 2 is 2.12 bits per heavy atom. The molecule has 1 amide bonds. The number of carbonyl (C=O) groups is 1. The van der Waals surface area contributed by atoms with Crippen LogP contribution in [-0.4, -0.2) is 42.1 Å². The first-order valence-corrected chi connectivity index (χ1v) is 9.15. The van der Waals surface area contributed by atoms with Gasteiger partial charge in [0, 0.05) is 44.5 Å². The van der Waals surface area contributed by atoms with Crippen molar-refractivity contribution in [1.82, 2.24) is 14.1 Å². The van der Waals surface area contributed by atoms with Crippen LogP contribution in [0.15, 0.2) is 35.5 Å². The highest BCUT2D eigenvalue weighted by molar-refractivity contribution is 7.89. The summed E-state index contributed by atoms with van der Waals surface area (Å²) in [6.07, 6.45) is 3.40. The van der Waals surface area contributed by atoms with Gasteiger partial charge in [-0.2, -0.15) is 9.40 Å². The number of anilines is 1. The summed E-state index contributed by atoms with van der Waals surface area (Å²) in [5, 5.41) is 6.65. The maximum atomic E-state index is 13.1. The van der Waals surface area contributed by atoms with Gasteiger partial charge in [-0.15, -0.1) is 0 Å². The summed E-state index contributed by atoms with van der Waals surface area (Å²) in [4.78, 5) is 11.3. The van der Waals surface area contributed by atoms with Gasteiger partial charge < -0.3 is 10.1 Å². The number of amides is 1. The molecule has 2 aromatic rings. The molecule has 1 N–H and O–H groups in total. The molecule has 0 fully saturated rings. The fourth-order valence-corrected chi connectivity index (χ4v) is 4.04. The van der Waals surface area contributed by atoms with Gasteiger partial charge in [0.1, 0.15) is 10.6 Å². The summed E-state index contributed by atoms with van der Waals surface area (Å²) in [5.74, 6) is -0.0602. The Hall–Kier alpha value is -2.39. The molecule has 136 valence electrons. The molecule has 0 aliphatic heterocycles. The van der Waals surface area contributed by atoms with Gasteiger partial charge in [-0.05, 0) is 18.2 Å². The Kier molecular flexibility index (Phi) is 5.81. The number of nitrogens with one attached hydrogen (secondary N) is 1. The maximum Gasteiger partial charge on any atom is 0.247 e. The van der Waals surface area contributed by atoms with Crippen LogP contribution < -0.4 is 10.1 Å². The second-order valence-corrected chi connectivity index (χ2v) is 7.41. The smallest absolute Gasteiger partial charge is 0.247 e. The van der Waals surface area contributed by atoms with Crippen molar-refractivity contribution in [1.29, 1.82) is 0 Å². The van der Waals surface area contributed by atoms with Crippen molar-refractivity contribution in [3.8, 4) is 5.75 Å². The van der Waals surface area contributed by atoms with E-state index < -0.39 is 10.0 Å². The number of aryl methyl sites for hydroxylation is 1. The maximum absolute atomic E-state index is 13.1. The average molecular weight is 366 g/mol. The molecule has 0 aliphatic carbocycles. The minimum atomic E-state index is -3.82. The summed E-state index contributed by atoms with van der Waals surface area (Å²) in [6, 6.07) is 4.52. The Bertz CT molecular complexity index is 861. The molecule has 0 atom stereocenters. The monoisotopic (exact) mass is 366 g/mol. The Balaban J connectivity index is 2.42. The summed E-state index contributed by atoms with van der Waals surface area (Å²) < 4.78 is 34.4. The molecule has 0 spiro atoms. The van der Waals surface area contributed by atoms with Crippen LogP contribution in [0.1, 0.15) is 19.4 Å². The summed E-state index contributed by atoms with van der Waals surface area (Å²) in [6.45, 7) is 3.60. The van der Waals surface area contributed by atoms with E-state index in [1.54, 1.807) is 37.1 Å². The van der Waals surface area contributed by atoms with Crippen molar-refractivity contribution in [2.75, 3.05) is 19.0 Å². The standard InChI is InChI=1S/C16H22N4O4S/c1-5-20(11-13-9-17-19(3)10-13)25(22,23)16-8-14(18-12(2)21)6-7-15(16)24-4/h6-10H,5,11H2,1-4H3,(H,18,21). The van der Waals surface area contributed by atoms with E-state index in [1.807, 2.05) is 0 Å². The largest absolute Gasteiger partial charge is 0.495 e. The second-order valence-electron chi connectivity index (χ2n) is 5.50. The molecule has 25 heavy (non-hydrogen) atoms. The lowest BCUT2D eigenvalue weighted by Gasteiger charge is -2.21. The summed E-state index contributed by atoms with van der Waals surface area (Å²) >= 11 is 0. The molecule has 0 radical (unpaired) electrons. The lowest BCUT2D eigenvalue weighted by atomic mass is 10.3. The summed E-state index contributed by atoms with van der Waals surface area (Å²) in [5.41, 5.74) is 1.18. The fourth-order valence-electron chi connectivity index (χ4n) is 2.42. The van der Waals surface area contributed by atoms with E-state index in [-0.39, 0.29) is 29.6 Å². The van der Waals surface area contributed by atoms with Crippen LogP contribution in [0.5, 0.6) is 5.75 Å². The number of ether oxygens (including phenoxy) is 1. The number of sulfonamides is 1. The van der Waals surface area contributed by atoms with Crippen LogP contribution in [0, 0.1) is 0 Å². The molecule has 0 saturated carbocycles. The van der Waals surface area contributed by atoms with Gasteiger partial charge in [-0.25, -0.2) is 8.42 Å². The Morgan fingerprint density at radius 3 is 2.64 bits per heavy atom. The molecule has 8 nitrogen and oxygen atoms in total. The van der Waals surface area contributed by atoms with Crippen molar-refractivity contribution in [2.45, 2.75) is 25.3 Å². The van der Waals surface area contributed by atoms with E-state index in [0.717, 1.165) is 5.56 Å². The number of hydrogen-bond donors (Lipinski definition) is 1. The van der Waals surface area contributed by atoms with Crippen LogP contribution in [0.25, 0.3) is 0 Å². The third-order valence-corrected chi connectivity index (χ3v) is 5.51. The van der Waals surface area contributed by atoms with Crippen LogP contribution in [0.4, 0.5) is 5.69 Å². The highest BCUT2D eigenvalue weighted by Gasteiger charge is 2.27. The van der Waals surface area contributed by atoms with Crippen LogP contribution in [0.3, 0.4) is 0 Å². The molecule has 9 heteroatoms. The Labute approximate surface area is 147 Å². The van der Waals surface area contributed by atoms with Gasteiger partial charge in [0.05, 0.1) is 13.3 Å². The predicted molar refractivity (Wildman–Crippen MR) is 93.8 cm³/mol. The number of benzene rings is 1. The molecule has 2 rings (SSSR count). The fraction of sp³-hybridized carbons (Fsp3) is 0.375. The molecule has 0 bridgehead atoms. The van der Waals surface area contributed by atoms with E-state index in [0.29, 0.717) is 5.69 Å². The molecular weight excluding hydrogens is 344 g/mol. The van der Waals surface area contributed by atoms with Gasteiger partial charge in [-0.1, -0.05) is 6.92 Å². The van der Waals surface area contributed by atoms with Crippen molar-refractivity contribution >= 4 is 21.6 Å². The van der Waals surface area contributed by atoms with Crippen molar-refractivity contribution in [3.05, 3.63) is 36.2 Å². The number of methoxy groups -OCH3 is 1. The quantitative estimate of drug-likeness (QED) is 0.803. The highest BCUT2D eigenvalue weighted by Crippen LogP contribution is 2.30. The number of carbonyl (C=O) groups excluding carboxylic acids is 1. The molecule has 0 unspecified atom stereocenters. The topological polar surface area (TPSA) is 93.5 Å².